The molecular formula is C19H19Cl2NO3. The fraction of sp³-hybridized carbons (Fsp3) is 0.211. The number of anilines is 1. The Labute approximate surface area is 156 Å². The number of hydrogen-bond donors (Lipinski definition) is 2. The molecule has 0 aliphatic rings. The summed E-state index contributed by atoms with van der Waals surface area (Å²) >= 11 is 12.7. The number of rotatable bonds is 8. The lowest BCUT2D eigenvalue weighted by atomic mass is 10.0. The number of carbonyl (C=O) groups is 1. The van der Waals surface area contributed by atoms with Crippen LogP contribution >= 0.6 is 23.2 Å². The zero-order valence-corrected chi connectivity index (χ0v) is 15.1. The minimum Gasteiger partial charge on any atom is -0.395 e. The van der Waals surface area contributed by atoms with Gasteiger partial charge in [-0.1, -0.05) is 41.9 Å². The van der Waals surface area contributed by atoms with Crippen LogP contribution in [0, 0.1) is 0 Å². The van der Waals surface area contributed by atoms with Gasteiger partial charge in [-0.2, -0.15) is 0 Å². The molecule has 0 spiro atoms. The van der Waals surface area contributed by atoms with E-state index in [4.69, 9.17) is 33.4 Å². The molecule has 0 unspecified atom stereocenters. The zero-order chi connectivity index (χ0) is 18.4. The lowest BCUT2D eigenvalue weighted by Crippen LogP contribution is -2.29. The van der Waals surface area contributed by atoms with Gasteiger partial charge >= 0.3 is 0 Å². The van der Waals surface area contributed by atoms with Gasteiger partial charge in [0.1, 0.15) is 0 Å². The first kappa shape index (κ1) is 19.5. The number of ketones is 1. The number of hydrogen-bond acceptors (Lipinski definition) is 4. The average molecular weight is 380 g/mol. The van der Waals surface area contributed by atoms with Gasteiger partial charge in [0.05, 0.1) is 18.2 Å². The van der Waals surface area contributed by atoms with E-state index in [2.05, 4.69) is 6.58 Å². The molecular weight excluding hydrogens is 361 g/mol. The normalized spacial score (nSPS) is 10.6. The van der Waals surface area contributed by atoms with Crippen molar-refractivity contribution in [2.45, 2.75) is 0 Å². The molecule has 6 heteroatoms. The summed E-state index contributed by atoms with van der Waals surface area (Å²) in [5.74, 6) is -0.267. The number of nitrogens with zero attached hydrogens (tertiary/aromatic N) is 1. The number of aliphatic hydroxyl groups is 2. The van der Waals surface area contributed by atoms with Crippen molar-refractivity contribution in [1.29, 1.82) is 0 Å². The van der Waals surface area contributed by atoms with Crippen LogP contribution in [0.25, 0.3) is 11.1 Å². The molecule has 0 atom stereocenters. The summed E-state index contributed by atoms with van der Waals surface area (Å²) in [6.45, 7) is 4.31. The first-order valence-corrected chi connectivity index (χ1v) is 8.51. The van der Waals surface area contributed by atoms with Crippen LogP contribution in [0.15, 0.2) is 49.1 Å². The van der Waals surface area contributed by atoms with E-state index in [0.717, 1.165) is 11.3 Å². The van der Waals surface area contributed by atoms with E-state index in [-0.39, 0.29) is 24.0 Å². The first-order chi connectivity index (χ1) is 12.0. The third kappa shape index (κ3) is 4.41. The lowest BCUT2D eigenvalue weighted by Gasteiger charge is -2.23. The van der Waals surface area contributed by atoms with Gasteiger partial charge < -0.3 is 15.1 Å². The summed E-state index contributed by atoms with van der Waals surface area (Å²) in [5, 5.41) is 19.0. The van der Waals surface area contributed by atoms with E-state index in [0.29, 0.717) is 29.2 Å². The molecule has 0 aliphatic carbocycles. The van der Waals surface area contributed by atoms with Crippen LogP contribution in [0.3, 0.4) is 0 Å². The highest BCUT2D eigenvalue weighted by Gasteiger charge is 2.16. The number of allylic oxidation sites excluding steroid dienone is 1. The molecule has 4 nitrogen and oxygen atoms in total. The number of aliphatic hydroxyl groups excluding tert-OH is 2. The summed E-state index contributed by atoms with van der Waals surface area (Å²) in [7, 11) is 0. The molecule has 2 N–H and O–H groups in total. The Morgan fingerprint density at radius 1 is 1.04 bits per heavy atom. The second-order valence-electron chi connectivity index (χ2n) is 5.33. The minimum atomic E-state index is -0.267. The average Bonchev–Trinajstić information content (AvgIpc) is 2.62. The molecule has 0 aromatic heterocycles. The van der Waals surface area contributed by atoms with E-state index >= 15 is 0 Å². The largest absolute Gasteiger partial charge is 0.395 e. The second-order valence-corrected chi connectivity index (χ2v) is 6.12. The van der Waals surface area contributed by atoms with Gasteiger partial charge in [-0.25, -0.2) is 0 Å². The molecule has 0 amide bonds. The molecule has 0 bridgehead atoms. The summed E-state index contributed by atoms with van der Waals surface area (Å²) in [6, 6.07) is 10.6. The van der Waals surface area contributed by atoms with E-state index in [1.165, 1.54) is 6.08 Å². The first-order valence-electron chi connectivity index (χ1n) is 7.75. The molecule has 0 heterocycles. The van der Waals surface area contributed by atoms with Crippen molar-refractivity contribution in [2.75, 3.05) is 31.2 Å². The van der Waals surface area contributed by atoms with Gasteiger partial charge in [-0.3, -0.25) is 4.79 Å². The number of benzene rings is 2. The topological polar surface area (TPSA) is 60.8 Å². The van der Waals surface area contributed by atoms with Crippen molar-refractivity contribution in [1.82, 2.24) is 0 Å². The van der Waals surface area contributed by atoms with Gasteiger partial charge in [0, 0.05) is 34.9 Å². The van der Waals surface area contributed by atoms with Crippen LogP contribution in [-0.4, -0.2) is 42.3 Å². The molecule has 0 saturated heterocycles. The van der Waals surface area contributed by atoms with Crippen LogP contribution in [-0.2, 0) is 0 Å². The van der Waals surface area contributed by atoms with Crippen molar-refractivity contribution in [3.05, 3.63) is 64.7 Å². The lowest BCUT2D eigenvalue weighted by molar-refractivity contribution is 0.104. The Morgan fingerprint density at radius 3 is 2.16 bits per heavy atom. The Balaban J connectivity index is 2.43. The Bertz CT molecular complexity index is 754. The summed E-state index contributed by atoms with van der Waals surface area (Å²) in [6.07, 6.45) is 1.21. The summed E-state index contributed by atoms with van der Waals surface area (Å²) < 4.78 is 0. The van der Waals surface area contributed by atoms with Crippen molar-refractivity contribution in [3.63, 3.8) is 0 Å². The van der Waals surface area contributed by atoms with Crippen LogP contribution in [0.2, 0.25) is 10.0 Å². The highest BCUT2D eigenvalue weighted by atomic mass is 35.5. The molecule has 0 fully saturated rings. The van der Waals surface area contributed by atoms with Crippen LogP contribution < -0.4 is 4.90 Å². The SMILES string of the molecule is C=CC(=O)c1ccc(Cl)c(-c2ccc(N(CCO)CCO)cc2)c1Cl. The maximum Gasteiger partial charge on any atom is 0.186 e. The molecule has 2 aromatic rings. The standard InChI is InChI=1S/C19H19Cl2NO3/c1-2-17(25)15-7-8-16(20)18(19(15)21)13-3-5-14(6-4-13)22(9-11-23)10-12-24/h2-8,23-24H,1,9-12H2. The van der Waals surface area contributed by atoms with Gasteiger partial charge in [0.2, 0.25) is 0 Å². The van der Waals surface area contributed by atoms with Gasteiger partial charge in [-0.15, -0.1) is 0 Å². The Hall–Kier alpha value is -1.85. The van der Waals surface area contributed by atoms with Gasteiger partial charge in [0.15, 0.2) is 5.78 Å². The predicted molar refractivity (Wildman–Crippen MR) is 103 cm³/mol. The third-order valence-electron chi connectivity index (χ3n) is 3.80. The highest BCUT2D eigenvalue weighted by Crippen LogP contribution is 2.38. The minimum absolute atomic E-state index is 0.00881. The Kier molecular flexibility index (Phi) is 7.02. The van der Waals surface area contributed by atoms with E-state index < -0.39 is 0 Å². The van der Waals surface area contributed by atoms with Gasteiger partial charge in [0.25, 0.3) is 0 Å². The molecule has 0 aliphatic heterocycles. The smallest absolute Gasteiger partial charge is 0.186 e. The zero-order valence-electron chi connectivity index (χ0n) is 13.6. The molecule has 25 heavy (non-hydrogen) atoms. The number of halogens is 2. The van der Waals surface area contributed by atoms with Crippen LogP contribution in [0.4, 0.5) is 5.69 Å². The molecule has 2 aromatic carbocycles. The van der Waals surface area contributed by atoms with E-state index in [1.54, 1.807) is 12.1 Å². The van der Waals surface area contributed by atoms with E-state index in [9.17, 15) is 4.79 Å². The van der Waals surface area contributed by atoms with Crippen LogP contribution in [0.1, 0.15) is 10.4 Å². The van der Waals surface area contributed by atoms with Crippen LogP contribution in [0.5, 0.6) is 0 Å². The monoisotopic (exact) mass is 379 g/mol. The predicted octanol–water partition coefficient (Wildman–Crippen LogP) is 3.82. The molecule has 2 rings (SSSR count). The molecule has 132 valence electrons. The fourth-order valence-electron chi connectivity index (χ4n) is 2.57. The summed E-state index contributed by atoms with van der Waals surface area (Å²) in [4.78, 5) is 13.8. The maximum absolute atomic E-state index is 11.9. The number of carbonyl (C=O) groups excluding carboxylic acids is 1. The van der Waals surface area contributed by atoms with Crippen molar-refractivity contribution in [3.8, 4) is 11.1 Å². The summed E-state index contributed by atoms with van der Waals surface area (Å²) in [5.41, 5.74) is 2.56. The molecule has 0 saturated carbocycles. The second kappa shape index (κ2) is 9.02. The maximum atomic E-state index is 11.9. The third-order valence-corrected chi connectivity index (χ3v) is 4.51. The van der Waals surface area contributed by atoms with Gasteiger partial charge in [-0.05, 0) is 35.9 Å². The molecule has 0 radical (unpaired) electrons. The van der Waals surface area contributed by atoms with E-state index in [1.807, 2.05) is 29.2 Å². The van der Waals surface area contributed by atoms with Crippen molar-refractivity contribution < 1.29 is 15.0 Å². The van der Waals surface area contributed by atoms with Crippen molar-refractivity contribution in [2.24, 2.45) is 0 Å². The quantitative estimate of drug-likeness (QED) is 0.540. The Morgan fingerprint density at radius 2 is 1.64 bits per heavy atom. The van der Waals surface area contributed by atoms with Crippen molar-refractivity contribution >= 4 is 34.7 Å². The fourth-order valence-corrected chi connectivity index (χ4v) is 3.25. The highest BCUT2D eigenvalue weighted by molar-refractivity contribution is 6.41.